The van der Waals surface area contributed by atoms with Crippen molar-refractivity contribution in [2.45, 2.75) is 24.8 Å². The molecule has 9 heteroatoms. The largest absolute Gasteiger partial charge is 0.504 e. The van der Waals surface area contributed by atoms with Crippen LogP contribution >= 0.6 is 0 Å². The Hall–Kier alpha value is -4.01. The molecular weight excluding hydrogens is 436 g/mol. The van der Waals surface area contributed by atoms with Crippen LogP contribution < -0.4 is 14.8 Å². The predicted molar refractivity (Wildman–Crippen MR) is 123 cm³/mol. The molecule has 0 aliphatic carbocycles. The van der Waals surface area contributed by atoms with Crippen molar-refractivity contribution in [1.82, 2.24) is 19.8 Å². The average molecular weight is 463 g/mol. The second-order valence-electron chi connectivity index (χ2n) is 8.69. The van der Waals surface area contributed by atoms with Gasteiger partial charge in [0.25, 0.3) is 5.91 Å². The van der Waals surface area contributed by atoms with Gasteiger partial charge in [-0.05, 0) is 41.8 Å². The van der Waals surface area contributed by atoms with E-state index in [2.05, 4.69) is 10.3 Å². The van der Waals surface area contributed by atoms with Crippen LogP contribution in [0.3, 0.4) is 0 Å². The summed E-state index contributed by atoms with van der Waals surface area (Å²) in [5, 5.41) is 13.5. The van der Waals surface area contributed by atoms with Crippen molar-refractivity contribution in [3.8, 4) is 23.0 Å². The molecule has 2 aromatic carbocycles. The van der Waals surface area contributed by atoms with Gasteiger partial charge in [-0.1, -0.05) is 12.1 Å². The van der Waals surface area contributed by atoms with Crippen LogP contribution in [0.5, 0.6) is 23.0 Å². The minimum Gasteiger partial charge on any atom is -0.504 e. The van der Waals surface area contributed by atoms with Crippen LogP contribution in [0, 0.1) is 0 Å². The van der Waals surface area contributed by atoms with E-state index in [1.807, 2.05) is 12.1 Å². The van der Waals surface area contributed by atoms with Crippen LogP contribution in [-0.2, 0) is 18.3 Å². The van der Waals surface area contributed by atoms with E-state index in [1.165, 1.54) is 0 Å². The van der Waals surface area contributed by atoms with Gasteiger partial charge in [-0.15, -0.1) is 0 Å². The normalized spacial score (nSPS) is 19.7. The molecule has 5 rings (SSSR count). The Morgan fingerprint density at radius 3 is 2.79 bits per heavy atom. The molecule has 2 amide bonds. The fourth-order valence-corrected chi connectivity index (χ4v) is 4.63. The lowest BCUT2D eigenvalue weighted by molar-refractivity contribution is -0.121. The summed E-state index contributed by atoms with van der Waals surface area (Å²) in [6.07, 6.45) is 3.92. The van der Waals surface area contributed by atoms with E-state index >= 15 is 0 Å². The third kappa shape index (κ3) is 4.05. The molecule has 176 valence electrons. The summed E-state index contributed by atoms with van der Waals surface area (Å²) in [5.74, 6) is 0.900. The third-order valence-electron chi connectivity index (χ3n) is 6.49. The number of hydrogen-bond acceptors (Lipinski definition) is 6. The number of hydrogen-bond donors (Lipinski definition) is 2. The smallest absolute Gasteiger partial charge is 0.272 e. The maximum absolute atomic E-state index is 13.2. The molecule has 2 atom stereocenters. The minimum absolute atomic E-state index is 0.00206. The summed E-state index contributed by atoms with van der Waals surface area (Å²) < 4.78 is 13.3. The number of phenols is 1. The number of carbonyl (C=O) groups is 2. The second-order valence-corrected chi connectivity index (χ2v) is 8.69. The molecule has 3 aromatic rings. The highest BCUT2D eigenvalue weighted by molar-refractivity contribution is 5.93. The highest BCUT2D eigenvalue weighted by Crippen LogP contribution is 2.40. The molecule has 1 fully saturated rings. The van der Waals surface area contributed by atoms with Crippen molar-refractivity contribution in [1.29, 1.82) is 0 Å². The molecule has 9 nitrogen and oxygen atoms in total. The summed E-state index contributed by atoms with van der Waals surface area (Å²) in [6.45, 7) is 0.816. The number of amides is 2. The number of aromatic nitrogens is 2. The van der Waals surface area contributed by atoms with Crippen LogP contribution in [0.25, 0.3) is 0 Å². The standard InChI is InChI=1S/C25H26N4O5/c1-28-14-26-11-19(28)25(32)29-12-17-16-5-7-21(33-2)23(10-16)34-22-9-15(3-6-20(22)30)4-8-24(31)27-18(17)13-29/h3,5-7,9-11,14,17-18,30H,4,8,12-13H2,1-2H3,(H,27,31)/t17-,18+/m0/s1. The number of phenolic OH excluding ortho intramolecular Hbond substituents is 1. The minimum atomic E-state index is -0.261. The van der Waals surface area contributed by atoms with Crippen molar-refractivity contribution in [3.05, 3.63) is 65.7 Å². The number of rotatable bonds is 2. The average Bonchev–Trinajstić information content (AvgIpc) is 3.45. The highest BCUT2D eigenvalue weighted by Gasteiger charge is 2.38. The summed E-state index contributed by atoms with van der Waals surface area (Å²) in [4.78, 5) is 31.8. The van der Waals surface area contributed by atoms with E-state index in [9.17, 15) is 14.7 Å². The van der Waals surface area contributed by atoms with E-state index < -0.39 is 0 Å². The number of carbonyl (C=O) groups excluding carboxylic acids is 2. The van der Waals surface area contributed by atoms with Crippen molar-refractivity contribution < 1.29 is 24.2 Å². The molecule has 0 unspecified atom stereocenters. The van der Waals surface area contributed by atoms with Crippen LogP contribution in [0.2, 0.25) is 0 Å². The molecule has 3 heterocycles. The Morgan fingerprint density at radius 2 is 2.03 bits per heavy atom. The number of nitrogens with one attached hydrogen (secondary N) is 1. The van der Waals surface area contributed by atoms with Crippen molar-refractivity contribution in [3.63, 3.8) is 0 Å². The van der Waals surface area contributed by atoms with Crippen LogP contribution in [0.4, 0.5) is 0 Å². The predicted octanol–water partition coefficient (Wildman–Crippen LogP) is 2.60. The fourth-order valence-electron chi connectivity index (χ4n) is 4.63. The van der Waals surface area contributed by atoms with Gasteiger partial charge >= 0.3 is 0 Å². The van der Waals surface area contributed by atoms with Gasteiger partial charge in [0.2, 0.25) is 5.91 Å². The summed E-state index contributed by atoms with van der Waals surface area (Å²) in [7, 11) is 3.34. The molecular formula is C25H26N4O5. The highest BCUT2D eigenvalue weighted by atomic mass is 16.5. The topological polar surface area (TPSA) is 106 Å². The molecule has 0 radical (unpaired) electrons. The number of aromatic hydroxyl groups is 1. The summed E-state index contributed by atoms with van der Waals surface area (Å²) in [6, 6.07) is 10.4. The molecule has 2 N–H and O–H groups in total. The Balaban J connectivity index is 1.54. The molecule has 4 bridgehead atoms. The third-order valence-corrected chi connectivity index (χ3v) is 6.49. The van der Waals surface area contributed by atoms with E-state index in [1.54, 1.807) is 60.4 Å². The monoisotopic (exact) mass is 462 g/mol. The number of nitrogens with zero attached hydrogens (tertiary/aromatic N) is 3. The van der Waals surface area contributed by atoms with Gasteiger partial charge in [-0.3, -0.25) is 9.59 Å². The first-order valence-corrected chi connectivity index (χ1v) is 11.2. The van der Waals surface area contributed by atoms with Gasteiger partial charge in [0.05, 0.1) is 25.7 Å². The van der Waals surface area contributed by atoms with E-state index in [-0.39, 0.29) is 35.9 Å². The molecule has 1 aromatic heterocycles. The summed E-state index contributed by atoms with van der Waals surface area (Å²) in [5.41, 5.74) is 2.26. The number of imidazole rings is 1. The zero-order valence-electron chi connectivity index (χ0n) is 19.0. The maximum atomic E-state index is 13.2. The van der Waals surface area contributed by atoms with E-state index in [4.69, 9.17) is 9.47 Å². The number of benzene rings is 2. The Morgan fingerprint density at radius 1 is 1.18 bits per heavy atom. The van der Waals surface area contributed by atoms with Crippen LogP contribution in [0.15, 0.2) is 48.9 Å². The molecule has 1 saturated heterocycles. The van der Waals surface area contributed by atoms with Gasteiger partial charge < -0.3 is 29.4 Å². The van der Waals surface area contributed by atoms with Gasteiger partial charge in [0, 0.05) is 32.5 Å². The number of aryl methyl sites for hydroxylation is 2. The Kier molecular flexibility index (Phi) is 5.61. The van der Waals surface area contributed by atoms with Crippen LogP contribution in [-0.4, -0.2) is 57.6 Å². The molecule has 2 aliphatic heterocycles. The second kappa shape index (κ2) is 8.74. The van der Waals surface area contributed by atoms with Crippen LogP contribution in [0.1, 0.15) is 34.0 Å². The molecule has 2 aliphatic rings. The van der Waals surface area contributed by atoms with Gasteiger partial charge in [-0.2, -0.15) is 0 Å². The number of ether oxygens (including phenoxy) is 2. The first-order valence-electron chi connectivity index (χ1n) is 11.2. The van der Waals surface area contributed by atoms with Gasteiger partial charge in [-0.25, -0.2) is 4.98 Å². The first-order chi connectivity index (χ1) is 16.4. The van der Waals surface area contributed by atoms with Crippen molar-refractivity contribution in [2.24, 2.45) is 7.05 Å². The number of fused-ring (bicyclic) bond motifs is 6. The van der Waals surface area contributed by atoms with Gasteiger partial charge in [0.15, 0.2) is 23.0 Å². The molecule has 0 saturated carbocycles. The SMILES string of the molecule is COc1ccc2cc1Oc1cc(ccc1O)CCC(=O)N[C@@H]1CN(C(=O)c3cncn3C)C[C@@H]21. The Bertz CT molecular complexity index is 1250. The van der Waals surface area contributed by atoms with E-state index in [0.717, 1.165) is 11.1 Å². The lowest BCUT2D eigenvalue weighted by Gasteiger charge is -2.21. The Labute approximate surface area is 196 Å². The first kappa shape index (κ1) is 21.8. The van der Waals surface area contributed by atoms with E-state index in [0.29, 0.717) is 42.5 Å². The zero-order chi connectivity index (χ0) is 23.8. The quantitative estimate of drug-likeness (QED) is 0.607. The van der Waals surface area contributed by atoms with Gasteiger partial charge in [0.1, 0.15) is 5.69 Å². The summed E-state index contributed by atoms with van der Waals surface area (Å²) >= 11 is 0. The lowest BCUT2D eigenvalue weighted by atomic mass is 9.93. The number of methoxy groups -OCH3 is 1. The van der Waals surface area contributed by atoms with Crippen molar-refractivity contribution in [2.75, 3.05) is 20.2 Å². The zero-order valence-corrected chi connectivity index (χ0v) is 19.0. The van der Waals surface area contributed by atoms with Crippen molar-refractivity contribution >= 4 is 11.8 Å². The number of likely N-dealkylation sites (tertiary alicyclic amines) is 1. The lowest BCUT2D eigenvalue weighted by Crippen LogP contribution is -2.40. The molecule has 0 spiro atoms. The fraction of sp³-hybridized carbons (Fsp3) is 0.320. The maximum Gasteiger partial charge on any atom is 0.272 e. The molecule has 34 heavy (non-hydrogen) atoms.